The minimum absolute atomic E-state index is 0.796. The molecule has 0 saturated carbocycles. The van der Waals surface area contributed by atoms with Crippen molar-refractivity contribution >= 4 is 5.69 Å². The van der Waals surface area contributed by atoms with Crippen molar-refractivity contribution in [2.45, 2.75) is 13.3 Å². The number of hydrogen-bond acceptors (Lipinski definition) is 2. The van der Waals surface area contributed by atoms with Crippen LogP contribution in [0.15, 0.2) is 18.2 Å². The number of anilines is 1. The van der Waals surface area contributed by atoms with Crippen LogP contribution in [0.2, 0.25) is 0 Å². The molecule has 0 N–H and O–H groups in total. The lowest BCUT2D eigenvalue weighted by molar-refractivity contribution is 0.616. The number of nitriles is 1. The van der Waals surface area contributed by atoms with E-state index in [-0.39, 0.29) is 0 Å². The first-order valence-corrected chi connectivity index (χ1v) is 4.57. The average molecular weight is 172 g/mol. The topological polar surface area (TPSA) is 27.0 Å². The number of rotatable bonds is 1. The van der Waals surface area contributed by atoms with Gasteiger partial charge >= 0.3 is 0 Å². The molecular weight excluding hydrogens is 160 g/mol. The van der Waals surface area contributed by atoms with Gasteiger partial charge in [-0.15, -0.1) is 0 Å². The summed E-state index contributed by atoms with van der Waals surface area (Å²) in [5.74, 6) is 0. The zero-order valence-electron chi connectivity index (χ0n) is 7.75. The Morgan fingerprint density at radius 3 is 2.69 bits per heavy atom. The molecule has 0 aromatic heterocycles. The summed E-state index contributed by atoms with van der Waals surface area (Å²) < 4.78 is 0. The summed E-state index contributed by atoms with van der Waals surface area (Å²) in [6.45, 7) is 4.29. The predicted molar refractivity (Wildman–Crippen MR) is 52.7 cm³/mol. The second kappa shape index (κ2) is 3.10. The minimum Gasteiger partial charge on any atom is -0.371 e. The molecule has 1 aliphatic rings. The van der Waals surface area contributed by atoms with E-state index in [0.29, 0.717) is 0 Å². The number of nitrogens with zero attached hydrogens (tertiary/aromatic N) is 2. The molecule has 2 nitrogen and oxygen atoms in total. The van der Waals surface area contributed by atoms with Crippen LogP contribution in [0.4, 0.5) is 5.69 Å². The Hall–Kier alpha value is -1.49. The third-order valence-corrected chi connectivity index (χ3v) is 2.62. The van der Waals surface area contributed by atoms with Gasteiger partial charge in [0.15, 0.2) is 0 Å². The van der Waals surface area contributed by atoms with Crippen LogP contribution in [-0.2, 0) is 0 Å². The standard InChI is InChI=1S/C11H12N2/c1-9-10(8-12)4-2-5-11(9)13-6-3-7-13/h2,4-5H,3,6-7H2,1H3. The van der Waals surface area contributed by atoms with Crippen LogP contribution in [0, 0.1) is 18.3 Å². The van der Waals surface area contributed by atoms with Gasteiger partial charge in [-0.1, -0.05) is 6.07 Å². The third kappa shape index (κ3) is 1.27. The van der Waals surface area contributed by atoms with Crippen molar-refractivity contribution in [3.63, 3.8) is 0 Å². The fraction of sp³-hybridized carbons (Fsp3) is 0.364. The van der Waals surface area contributed by atoms with Crippen molar-refractivity contribution in [3.8, 4) is 6.07 Å². The van der Waals surface area contributed by atoms with E-state index in [4.69, 9.17) is 5.26 Å². The lowest BCUT2D eigenvalue weighted by Crippen LogP contribution is -2.37. The van der Waals surface area contributed by atoms with Gasteiger partial charge in [0.1, 0.15) is 0 Å². The van der Waals surface area contributed by atoms with Crippen molar-refractivity contribution < 1.29 is 0 Å². The van der Waals surface area contributed by atoms with Gasteiger partial charge in [-0.3, -0.25) is 0 Å². The highest BCUT2D eigenvalue weighted by molar-refractivity contribution is 5.60. The molecule has 1 aromatic carbocycles. The summed E-state index contributed by atoms with van der Waals surface area (Å²) in [6.07, 6.45) is 1.27. The molecule has 0 aliphatic carbocycles. The van der Waals surface area contributed by atoms with E-state index >= 15 is 0 Å². The Morgan fingerprint density at radius 2 is 2.15 bits per heavy atom. The Bertz CT molecular complexity index is 359. The predicted octanol–water partition coefficient (Wildman–Crippen LogP) is 2.08. The summed E-state index contributed by atoms with van der Waals surface area (Å²) in [5, 5.41) is 8.85. The highest BCUT2D eigenvalue weighted by Gasteiger charge is 2.16. The lowest BCUT2D eigenvalue weighted by atomic mass is 10.0. The molecule has 1 aromatic rings. The van der Waals surface area contributed by atoms with Crippen molar-refractivity contribution in [1.82, 2.24) is 0 Å². The molecule has 1 aliphatic heterocycles. The van der Waals surface area contributed by atoms with Crippen LogP contribution in [0.1, 0.15) is 17.5 Å². The second-order valence-electron chi connectivity index (χ2n) is 3.40. The van der Waals surface area contributed by atoms with Gasteiger partial charge in [-0.05, 0) is 31.0 Å². The summed E-state index contributed by atoms with van der Waals surface area (Å²) in [5.41, 5.74) is 3.14. The Labute approximate surface area is 78.4 Å². The van der Waals surface area contributed by atoms with Crippen molar-refractivity contribution in [1.29, 1.82) is 5.26 Å². The fourth-order valence-corrected chi connectivity index (χ4v) is 1.64. The molecular formula is C11H12N2. The molecule has 1 heterocycles. The van der Waals surface area contributed by atoms with Crippen molar-refractivity contribution in [3.05, 3.63) is 29.3 Å². The van der Waals surface area contributed by atoms with Crippen LogP contribution in [-0.4, -0.2) is 13.1 Å². The zero-order valence-corrected chi connectivity index (χ0v) is 7.75. The third-order valence-electron chi connectivity index (χ3n) is 2.62. The van der Waals surface area contributed by atoms with E-state index in [1.165, 1.54) is 12.1 Å². The van der Waals surface area contributed by atoms with Gasteiger partial charge in [-0.2, -0.15) is 5.26 Å². The molecule has 2 heteroatoms. The van der Waals surface area contributed by atoms with E-state index < -0.39 is 0 Å². The molecule has 0 amide bonds. The smallest absolute Gasteiger partial charge is 0.0995 e. The maximum absolute atomic E-state index is 8.85. The highest BCUT2D eigenvalue weighted by atomic mass is 15.2. The Morgan fingerprint density at radius 1 is 1.38 bits per heavy atom. The van der Waals surface area contributed by atoms with Crippen LogP contribution >= 0.6 is 0 Å². The average Bonchev–Trinajstić information content (AvgIpc) is 2.05. The largest absolute Gasteiger partial charge is 0.371 e. The van der Waals surface area contributed by atoms with Gasteiger partial charge in [-0.25, -0.2) is 0 Å². The molecule has 2 rings (SSSR count). The monoisotopic (exact) mass is 172 g/mol. The lowest BCUT2D eigenvalue weighted by Gasteiger charge is -2.34. The summed E-state index contributed by atoms with van der Waals surface area (Å²) >= 11 is 0. The molecule has 66 valence electrons. The first kappa shape index (κ1) is 8.12. The minimum atomic E-state index is 0.796. The van der Waals surface area contributed by atoms with Crippen LogP contribution in [0.5, 0.6) is 0 Å². The molecule has 0 bridgehead atoms. The first-order chi connectivity index (χ1) is 6.33. The van der Waals surface area contributed by atoms with Crippen molar-refractivity contribution in [2.75, 3.05) is 18.0 Å². The van der Waals surface area contributed by atoms with E-state index in [9.17, 15) is 0 Å². The Balaban J connectivity index is 2.40. The Kier molecular flexibility index (Phi) is 1.94. The van der Waals surface area contributed by atoms with E-state index in [1.807, 2.05) is 19.1 Å². The second-order valence-corrected chi connectivity index (χ2v) is 3.40. The highest BCUT2D eigenvalue weighted by Crippen LogP contribution is 2.26. The van der Waals surface area contributed by atoms with E-state index in [0.717, 1.165) is 24.2 Å². The van der Waals surface area contributed by atoms with Crippen LogP contribution in [0.25, 0.3) is 0 Å². The molecule has 13 heavy (non-hydrogen) atoms. The molecule has 0 atom stereocenters. The quantitative estimate of drug-likeness (QED) is 0.648. The maximum atomic E-state index is 8.85. The van der Waals surface area contributed by atoms with Gasteiger partial charge in [0.05, 0.1) is 11.6 Å². The summed E-state index contributed by atoms with van der Waals surface area (Å²) in [4.78, 5) is 2.32. The van der Waals surface area contributed by atoms with Crippen LogP contribution in [0.3, 0.4) is 0 Å². The number of benzene rings is 1. The summed E-state index contributed by atoms with van der Waals surface area (Å²) in [6, 6.07) is 8.14. The SMILES string of the molecule is Cc1c(C#N)cccc1N1CCC1. The molecule has 0 radical (unpaired) electrons. The maximum Gasteiger partial charge on any atom is 0.0995 e. The fourth-order valence-electron chi connectivity index (χ4n) is 1.64. The van der Waals surface area contributed by atoms with E-state index in [2.05, 4.69) is 17.0 Å². The van der Waals surface area contributed by atoms with Crippen molar-refractivity contribution in [2.24, 2.45) is 0 Å². The van der Waals surface area contributed by atoms with Gasteiger partial charge < -0.3 is 4.90 Å². The van der Waals surface area contributed by atoms with Crippen LogP contribution < -0.4 is 4.90 Å². The van der Waals surface area contributed by atoms with Gasteiger partial charge in [0.2, 0.25) is 0 Å². The number of hydrogen-bond donors (Lipinski definition) is 0. The van der Waals surface area contributed by atoms with E-state index in [1.54, 1.807) is 0 Å². The zero-order chi connectivity index (χ0) is 9.26. The molecule has 1 saturated heterocycles. The summed E-state index contributed by atoms with van der Waals surface area (Å²) in [7, 11) is 0. The molecule has 0 unspecified atom stereocenters. The first-order valence-electron chi connectivity index (χ1n) is 4.57. The van der Waals surface area contributed by atoms with Gasteiger partial charge in [0.25, 0.3) is 0 Å². The molecule has 1 fully saturated rings. The normalized spacial score (nSPS) is 14.9. The molecule has 0 spiro atoms. The van der Waals surface area contributed by atoms with Gasteiger partial charge in [0, 0.05) is 18.8 Å².